The molecular weight excluding hydrogens is 829 g/mol. The van der Waals surface area contributed by atoms with Gasteiger partial charge in [0.25, 0.3) is 0 Å². The fourth-order valence-corrected chi connectivity index (χ4v) is 11.1. The number of benzene rings is 10. The summed E-state index contributed by atoms with van der Waals surface area (Å²) in [5.74, 6) is 0. The van der Waals surface area contributed by atoms with Crippen molar-refractivity contribution in [2.75, 3.05) is 0 Å². The number of nitrogens with zero attached hydrogens (tertiary/aromatic N) is 6. The van der Waals surface area contributed by atoms with Crippen molar-refractivity contribution in [1.82, 2.24) is 18.3 Å². The maximum absolute atomic E-state index is 10.7. The molecule has 0 saturated heterocycles. The molecule has 0 aliphatic carbocycles. The van der Waals surface area contributed by atoms with Crippen molar-refractivity contribution in [2.45, 2.75) is 0 Å². The molecule has 6 heteroatoms. The maximum Gasteiger partial charge on any atom is 0.195 e. The van der Waals surface area contributed by atoms with E-state index >= 15 is 0 Å². The van der Waals surface area contributed by atoms with E-state index in [-0.39, 0.29) is 0 Å². The number of para-hydroxylation sites is 6. The minimum atomic E-state index is 0.481. The summed E-state index contributed by atoms with van der Waals surface area (Å²) in [4.78, 5) is 4.05. The van der Waals surface area contributed by atoms with Crippen molar-refractivity contribution >= 4 is 92.9 Å². The summed E-state index contributed by atoms with van der Waals surface area (Å²) in [6.07, 6.45) is 0. The molecule has 4 heterocycles. The minimum Gasteiger partial charge on any atom is -0.309 e. The van der Waals surface area contributed by atoms with E-state index in [1.807, 2.05) is 24.3 Å². The van der Waals surface area contributed by atoms with Gasteiger partial charge in [0.15, 0.2) is 5.69 Å². The molecule has 0 aliphatic heterocycles. The second kappa shape index (κ2) is 14.4. The molecule has 0 radical (unpaired) electrons. The van der Waals surface area contributed by atoms with Crippen LogP contribution < -0.4 is 0 Å². The van der Waals surface area contributed by atoms with Crippen molar-refractivity contribution < 1.29 is 0 Å². The molecule has 0 atom stereocenters. The highest BCUT2D eigenvalue weighted by molar-refractivity contribution is 6.14. The average Bonchev–Trinajstić information content (AvgIpc) is 4.13. The molecule has 0 bridgehead atoms. The van der Waals surface area contributed by atoms with E-state index in [1.54, 1.807) is 0 Å². The van der Waals surface area contributed by atoms with Crippen LogP contribution in [0.1, 0.15) is 5.56 Å². The van der Waals surface area contributed by atoms with Crippen LogP contribution in [0.2, 0.25) is 0 Å². The van der Waals surface area contributed by atoms with E-state index in [2.05, 4.69) is 223 Å². The molecule has 4 aromatic heterocycles. The van der Waals surface area contributed by atoms with Gasteiger partial charge < -0.3 is 18.3 Å². The summed E-state index contributed by atoms with van der Waals surface area (Å²) in [7, 11) is 0. The van der Waals surface area contributed by atoms with Crippen LogP contribution in [-0.2, 0) is 0 Å². The summed E-state index contributed by atoms with van der Waals surface area (Å²) in [6, 6.07) is 79.4. The first-order chi connectivity index (χ1) is 33.7. The van der Waals surface area contributed by atoms with Crippen LogP contribution in [0.25, 0.3) is 126 Å². The maximum atomic E-state index is 10.7. The fourth-order valence-electron chi connectivity index (χ4n) is 11.1. The molecule has 68 heavy (non-hydrogen) atoms. The molecule has 0 N–H and O–H groups in total. The Kier molecular flexibility index (Phi) is 8.01. The quantitative estimate of drug-likeness (QED) is 0.159. The zero-order chi connectivity index (χ0) is 45.0. The topological polar surface area (TPSA) is 47.9 Å². The molecule has 14 aromatic rings. The fraction of sp³-hybridized carbons (Fsp3) is 0. The van der Waals surface area contributed by atoms with E-state index in [0.29, 0.717) is 22.4 Å². The van der Waals surface area contributed by atoms with Gasteiger partial charge in [-0.2, -0.15) is 5.26 Å². The van der Waals surface area contributed by atoms with Gasteiger partial charge in [0.05, 0.1) is 62.3 Å². The molecule has 0 amide bonds. The summed E-state index contributed by atoms with van der Waals surface area (Å²) in [5.41, 5.74) is 15.3. The Bertz CT molecular complexity index is 4140. The molecule has 10 aromatic carbocycles. The molecule has 14 rings (SSSR count). The molecular formula is C62H36N6. The normalized spacial score (nSPS) is 11.8. The molecule has 0 saturated carbocycles. The highest BCUT2D eigenvalue weighted by atomic mass is 15.0. The predicted octanol–water partition coefficient (Wildman–Crippen LogP) is 16.2. The minimum absolute atomic E-state index is 0.481. The zero-order valence-electron chi connectivity index (χ0n) is 36.5. The van der Waals surface area contributed by atoms with E-state index in [9.17, 15) is 5.26 Å². The second-order valence-corrected chi connectivity index (χ2v) is 17.5. The van der Waals surface area contributed by atoms with Crippen LogP contribution in [0.15, 0.2) is 218 Å². The van der Waals surface area contributed by atoms with Crippen molar-refractivity contribution in [2.24, 2.45) is 0 Å². The van der Waals surface area contributed by atoms with E-state index < -0.39 is 0 Å². The molecule has 6 nitrogen and oxygen atoms in total. The number of rotatable bonds is 5. The van der Waals surface area contributed by atoms with Gasteiger partial charge in [-0.3, -0.25) is 0 Å². The monoisotopic (exact) mass is 864 g/mol. The van der Waals surface area contributed by atoms with Crippen molar-refractivity contribution in [3.63, 3.8) is 0 Å². The number of aromatic nitrogens is 4. The number of fused-ring (bicyclic) bond motifs is 12. The van der Waals surface area contributed by atoms with Gasteiger partial charge in [0, 0.05) is 65.8 Å². The zero-order valence-corrected chi connectivity index (χ0v) is 36.5. The number of nitriles is 1. The average molecular weight is 865 g/mol. The second-order valence-electron chi connectivity index (χ2n) is 17.5. The lowest BCUT2D eigenvalue weighted by molar-refractivity contribution is 1.16. The lowest BCUT2D eigenvalue weighted by Gasteiger charge is -2.15. The number of hydrogen-bond acceptors (Lipinski definition) is 1. The first-order valence-electron chi connectivity index (χ1n) is 22.8. The third kappa shape index (κ3) is 5.31. The summed E-state index contributed by atoms with van der Waals surface area (Å²) >= 11 is 0. The summed E-state index contributed by atoms with van der Waals surface area (Å²) < 4.78 is 9.29. The standard InChI is InChI=1S/C62H36N6/c1-64-54-31-28-41(68-60-25-13-7-19-49(60)53-37-43(30-33-62(53)68)66-57-22-10-4-16-46(57)47-17-5-11-23-58(47)66)35-51(54)50-34-40(27-26-39(50)38-63)67-59-24-12-6-18-48(59)52-36-42(29-32-61(52)67)65-55-20-8-2-14-44(55)45-15-3-9-21-56(45)65/h2-37H. The molecule has 0 spiro atoms. The highest BCUT2D eigenvalue weighted by Crippen LogP contribution is 2.42. The van der Waals surface area contributed by atoms with E-state index in [4.69, 9.17) is 6.57 Å². The Morgan fingerprint density at radius 3 is 0.971 bits per heavy atom. The SMILES string of the molecule is [C-]#[N+]c1ccc(-n2c3ccccc3c3cc(-n4c5ccccc5c5ccccc54)ccc32)cc1-c1cc(-n2c3ccccc3c3cc(-n4c5ccccc5c5ccccc54)ccc32)ccc1C#N. The third-order valence-electron chi connectivity index (χ3n) is 14.0. The first-order valence-corrected chi connectivity index (χ1v) is 22.8. The largest absolute Gasteiger partial charge is 0.309 e. The van der Waals surface area contributed by atoms with E-state index in [1.165, 1.54) is 21.5 Å². The summed E-state index contributed by atoms with van der Waals surface area (Å²) in [6.45, 7) is 8.39. The Morgan fingerprint density at radius 2 is 0.603 bits per heavy atom. The van der Waals surface area contributed by atoms with Gasteiger partial charge in [-0.25, -0.2) is 4.85 Å². The van der Waals surface area contributed by atoms with Crippen LogP contribution in [0.4, 0.5) is 5.69 Å². The van der Waals surface area contributed by atoms with Gasteiger partial charge in [0.2, 0.25) is 0 Å². The molecule has 314 valence electrons. The Morgan fingerprint density at radius 1 is 0.309 bits per heavy atom. The highest BCUT2D eigenvalue weighted by Gasteiger charge is 2.21. The lowest BCUT2D eigenvalue weighted by Crippen LogP contribution is -1.98. The predicted molar refractivity (Wildman–Crippen MR) is 280 cm³/mol. The van der Waals surface area contributed by atoms with Crippen molar-refractivity contribution in [3.05, 3.63) is 235 Å². The molecule has 0 fully saturated rings. The van der Waals surface area contributed by atoms with Gasteiger partial charge >= 0.3 is 0 Å². The lowest BCUT2D eigenvalue weighted by atomic mass is 9.97. The van der Waals surface area contributed by atoms with Crippen LogP contribution in [0.3, 0.4) is 0 Å². The third-order valence-corrected chi connectivity index (χ3v) is 14.0. The molecule has 0 unspecified atom stereocenters. The smallest absolute Gasteiger partial charge is 0.195 e. The van der Waals surface area contributed by atoms with Crippen LogP contribution in [0, 0.1) is 17.9 Å². The summed E-state index contributed by atoms with van der Waals surface area (Å²) in [5, 5.41) is 20.1. The van der Waals surface area contributed by atoms with Crippen molar-refractivity contribution in [1.29, 1.82) is 5.26 Å². The van der Waals surface area contributed by atoms with Gasteiger partial charge in [-0.1, -0.05) is 115 Å². The number of hydrogen-bond donors (Lipinski definition) is 0. The Hall–Kier alpha value is -9.62. The van der Waals surface area contributed by atoms with Gasteiger partial charge in [0.1, 0.15) is 0 Å². The molecule has 0 aliphatic rings. The van der Waals surface area contributed by atoms with Gasteiger partial charge in [-0.15, -0.1) is 0 Å². The Balaban J connectivity index is 0.940. The Labute approximate surface area is 390 Å². The van der Waals surface area contributed by atoms with E-state index in [0.717, 1.165) is 88.4 Å². The van der Waals surface area contributed by atoms with Crippen LogP contribution in [0.5, 0.6) is 0 Å². The first kappa shape index (κ1) is 37.7. The van der Waals surface area contributed by atoms with Crippen LogP contribution >= 0.6 is 0 Å². The van der Waals surface area contributed by atoms with Crippen LogP contribution in [-0.4, -0.2) is 18.3 Å². The van der Waals surface area contributed by atoms with Crippen molar-refractivity contribution in [3.8, 4) is 39.9 Å². The van der Waals surface area contributed by atoms with Gasteiger partial charge in [-0.05, 0) is 114 Å².